The highest BCUT2D eigenvalue weighted by Crippen LogP contribution is 2.33. The highest BCUT2D eigenvalue weighted by atomic mass is 16.4. The number of para-hydroxylation sites is 1. The first-order chi connectivity index (χ1) is 17.5. The summed E-state index contributed by atoms with van der Waals surface area (Å²) >= 11 is 0. The number of benzene rings is 2. The number of amides is 2. The lowest BCUT2D eigenvalue weighted by Gasteiger charge is -2.36. The topological polar surface area (TPSA) is 183 Å². The lowest BCUT2D eigenvalue weighted by molar-refractivity contribution is -0.148. The van der Waals surface area contributed by atoms with Crippen molar-refractivity contribution in [2.24, 2.45) is 5.92 Å². The molecule has 0 saturated carbocycles. The minimum Gasteiger partial charge on any atom is -0.481 e. The van der Waals surface area contributed by atoms with Crippen molar-refractivity contribution >= 4 is 46.6 Å². The first kappa shape index (κ1) is 27.1. The van der Waals surface area contributed by atoms with Gasteiger partial charge in [-0.05, 0) is 42.2 Å². The van der Waals surface area contributed by atoms with E-state index in [9.17, 15) is 24.3 Å². The van der Waals surface area contributed by atoms with Gasteiger partial charge in [0.15, 0.2) is 5.58 Å². The van der Waals surface area contributed by atoms with E-state index in [0.717, 1.165) is 5.69 Å². The maximum atomic E-state index is 13.7. The van der Waals surface area contributed by atoms with Crippen LogP contribution in [-0.2, 0) is 24.7 Å². The molecule has 0 aliphatic carbocycles. The van der Waals surface area contributed by atoms with Gasteiger partial charge >= 0.3 is 11.9 Å². The summed E-state index contributed by atoms with van der Waals surface area (Å²) < 4.78 is 5.85. The van der Waals surface area contributed by atoms with Gasteiger partial charge in [0.25, 0.3) is 6.01 Å². The maximum Gasteiger partial charge on any atom is 0.326 e. The summed E-state index contributed by atoms with van der Waals surface area (Å²) in [6.07, 6.45) is -0.706. The molecule has 0 saturated heterocycles. The fourth-order valence-electron chi connectivity index (χ4n) is 3.87. The Morgan fingerprint density at radius 3 is 2.35 bits per heavy atom. The van der Waals surface area contributed by atoms with Crippen LogP contribution in [0.1, 0.15) is 39.2 Å². The van der Waals surface area contributed by atoms with Gasteiger partial charge in [0.05, 0.1) is 6.42 Å². The number of oxazole rings is 1. The molecule has 2 amide bonds. The molecule has 0 spiro atoms. The molecule has 0 aliphatic heterocycles. The van der Waals surface area contributed by atoms with E-state index in [1.54, 1.807) is 18.2 Å². The van der Waals surface area contributed by atoms with Crippen LogP contribution in [0.15, 0.2) is 52.9 Å². The third-order valence-electron chi connectivity index (χ3n) is 5.44. The van der Waals surface area contributed by atoms with E-state index in [4.69, 9.17) is 9.52 Å². The number of hydrogen-bond acceptors (Lipinski definition) is 8. The van der Waals surface area contributed by atoms with E-state index in [1.165, 1.54) is 6.92 Å². The molecule has 3 aromatic rings. The Labute approximate surface area is 212 Å². The lowest BCUT2D eigenvalue weighted by atomic mass is 9.81. The Balaban J connectivity index is 2.06. The van der Waals surface area contributed by atoms with Crippen LogP contribution in [0.4, 0.5) is 11.7 Å². The molecular weight excluding hydrogens is 482 g/mol. The molecule has 6 N–H and O–H groups in total. The maximum absolute atomic E-state index is 13.7. The highest BCUT2D eigenvalue weighted by molar-refractivity contribution is 5.93. The van der Waals surface area contributed by atoms with E-state index in [1.807, 2.05) is 44.2 Å². The van der Waals surface area contributed by atoms with Crippen molar-refractivity contribution in [3.8, 4) is 0 Å². The van der Waals surface area contributed by atoms with Gasteiger partial charge in [-0.1, -0.05) is 38.1 Å². The number of carboxylic acids is 2. The summed E-state index contributed by atoms with van der Waals surface area (Å²) in [5.41, 5.74) is 5.46. The van der Waals surface area contributed by atoms with Gasteiger partial charge in [-0.25, -0.2) is 10.2 Å². The number of carboxylic acid groups (broad SMARTS) is 2. The molecule has 0 radical (unpaired) electrons. The summed E-state index contributed by atoms with van der Waals surface area (Å²) in [6.45, 7) is 4.94. The van der Waals surface area contributed by atoms with Crippen LogP contribution >= 0.6 is 0 Å². The normalized spacial score (nSPS) is 13.5. The van der Waals surface area contributed by atoms with Gasteiger partial charge in [-0.15, -0.1) is 0 Å². The van der Waals surface area contributed by atoms with Crippen LogP contribution in [0.5, 0.6) is 0 Å². The van der Waals surface area contributed by atoms with Gasteiger partial charge in [0.2, 0.25) is 11.8 Å². The first-order valence-electron chi connectivity index (χ1n) is 11.5. The number of aliphatic carboxylic acids is 2. The molecule has 0 aliphatic rings. The quantitative estimate of drug-likeness (QED) is 0.198. The number of carbonyl (C=O) groups excluding carboxylic acids is 2. The van der Waals surface area contributed by atoms with Crippen molar-refractivity contribution in [2.75, 3.05) is 5.32 Å². The number of nitrogens with zero attached hydrogens (tertiary/aromatic N) is 1. The van der Waals surface area contributed by atoms with Crippen molar-refractivity contribution in [1.82, 2.24) is 21.2 Å². The van der Waals surface area contributed by atoms with Crippen LogP contribution in [-0.4, -0.2) is 45.0 Å². The number of rotatable bonds is 12. The average molecular weight is 512 g/mol. The van der Waals surface area contributed by atoms with E-state index in [-0.39, 0.29) is 18.4 Å². The zero-order valence-corrected chi connectivity index (χ0v) is 20.6. The molecule has 12 nitrogen and oxygen atoms in total. The van der Waals surface area contributed by atoms with Crippen LogP contribution in [0.3, 0.4) is 0 Å². The Hall–Kier alpha value is -4.45. The van der Waals surface area contributed by atoms with Crippen molar-refractivity contribution < 1.29 is 33.8 Å². The van der Waals surface area contributed by atoms with Gasteiger partial charge < -0.3 is 25.3 Å². The Morgan fingerprint density at radius 1 is 1.05 bits per heavy atom. The highest BCUT2D eigenvalue weighted by Gasteiger charge is 2.43. The second kappa shape index (κ2) is 11.5. The second-order valence-corrected chi connectivity index (χ2v) is 8.96. The third-order valence-corrected chi connectivity index (χ3v) is 5.44. The van der Waals surface area contributed by atoms with Crippen molar-refractivity contribution in [3.05, 3.63) is 54.1 Å². The van der Waals surface area contributed by atoms with E-state index in [2.05, 4.69) is 26.5 Å². The molecule has 2 atom stereocenters. The SMILES string of the molecule is CC(=O)NN[C@@](CC(C)C)(C(=O)N[C@@H](CC(=O)O)C(=O)O)c1ccc2nc(Nc3ccccc3)oc2c1. The standard InChI is InChI=1S/C25H29N5O7/c1-14(2)13-25(30-29-15(3)31,23(36)27-19(22(34)35)12-21(32)33)16-9-10-18-20(11-16)37-24(28-18)26-17-7-5-4-6-8-17/h4-11,14,19,30H,12-13H2,1-3H3,(H,26,28)(H,27,36)(H,29,31)(H,32,33)(H,34,35)/t19-,25+/m0/s1. The average Bonchev–Trinajstić information content (AvgIpc) is 3.22. The van der Waals surface area contributed by atoms with Gasteiger partial charge in [0.1, 0.15) is 17.1 Å². The Morgan fingerprint density at radius 2 is 1.76 bits per heavy atom. The molecule has 0 unspecified atom stereocenters. The van der Waals surface area contributed by atoms with E-state index in [0.29, 0.717) is 16.7 Å². The minimum atomic E-state index is -1.69. The molecular formula is C25H29N5O7. The number of fused-ring (bicyclic) bond motifs is 1. The van der Waals surface area contributed by atoms with Crippen molar-refractivity contribution in [3.63, 3.8) is 0 Å². The van der Waals surface area contributed by atoms with Crippen LogP contribution < -0.4 is 21.5 Å². The van der Waals surface area contributed by atoms with Crippen molar-refractivity contribution in [1.29, 1.82) is 0 Å². The minimum absolute atomic E-state index is 0.115. The summed E-state index contributed by atoms with van der Waals surface area (Å²) in [5.74, 6) is -4.33. The number of aromatic nitrogens is 1. The zero-order chi connectivity index (χ0) is 27.2. The summed E-state index contributed by atoms with van der Waals surface area (Å²) in [7, 11) is 0. The summed E-state index contributed by atoms with van der Waals surface area (Å²) in [6, 6.07) is 12.6. The van der Waals surface area contributed by atoms with Gasteiger partial charge in [0, 0.05) is 12.6 Å². The smallest absolute Gasteiger partial charge is 0.326 e. The van der Waals surface area contributed by atoms with Crippen molar-refractivity contribution in [2.45, 2.75) is 45.2 Å². The fourth-order valence-corrected chi connectivity index (χ4v) is 3.87. The fraction of sp³-hybridized carbons (Fsp3) is 0.320. The van der Waals surface area contributed by atoms with Gasteiger partial charge in [-0.3, -0.25) is 19.8 Å². The van der Waals surface area contributed by atoms with Crippen LogP contribution in [0.2, 0.25) is 0 Å². The number of hydrazine groups is 1. The Bertz CT molecular complexity index is 1290. The first-order valence-corrected chi connectivity index (χ1v) is 11.5. The second-order valence-electron chi connectivity index (χ2n) is 8.96. The number of carbonyl (C=O) groups is 4. The zero-order valence-electron chi connectivity index (χ0n) is 20.6. The number of anilines is 2. The molecule has 12 heteroatoms. The van der Waals surface area contributed by atoms with E-state index < -0.39 is 41.8 Å². The largest absolute Gasteiger partial charge is 0.481 e. The lowest BCUT2D eigenvalue weighted by Crippen LogP contribution is -2.62. The molecule has 196 valence electrons. The molecule has 0 bridgehead atoms. The molecule has 0 fully saturated rings. The van der Waals surface area contributed by atoms with Gasteiger partial charge in [-0.2, -0.15) is 4.98 Å². The monoisotopic (exact) mass is 511 g/mol. The molecule has 2 aromatic carbocycles. The Kier molecular flexibility index (Phi) is 8.45. The van der Waals surface area contributed by atoms with Crippen LogP contribution in [0, 0.1) is 5.92 Å². The predicted molar refractivity (Wildman–Crippen MR) is 134 cm³/mol. The third kappa shape index (κ3) is 6.82. The number of hydrogen-bond donors (Lipinski definition) is 6. The summed E-state index contributed by atoms with van der Waals surface area (Å²) in [5, 5.41) is 23.9. The van der Waals surface area contributed by atoms with Crippen LogP contribution in [0.25, 0.3) is 11.1 Å². The molecule has 37 heavy (non-hydrogen) atoms. The predicted octanol–water partition coefficient (Wildman–Crippen LogP) is 2.50. The molecule has 3 rings (SSSR count). The number of nitrogens with one attached hydrogen (secondary N) is 4. The van der Waals surface area contributed by atoms with E-state index >= 15 is 0 Å². The molecule has 1 aromatic heterocycles. The molecule has 1 heterocycles. The summed E-state index contributed by atoms with van der Waals surface area (Å²) in [4.78, 5) is 52.7.